The number of rotatable bonds is 7. The number of esters is 2. The van der Waals surface area contributed by atoms with Crippen LogP contribution in [0.2, 0.25) is 10.0 Å². The van der Waals surface area contributed by atoms with Crippen LogP contribution in [0.15, 0.2) is 33.8 Å². The van der Waals surface area contributed by atoms with E-state index in [1.807, 2.05) is 0 Å². The van der Waals surface area contributed by atoms with Crippen LogP contribution in [0.5, 0.6) is 0 Å². The number of nitrogens with zero attached hydrogens (tertiary/aromatic N) is 1. The molecular formula is C19H19Cl2NO8S. The lowest BCUT2D eigenvalue weighted by Crippen LogP contribution is -2.40. The third-order valence-electron chi connectivity index (χ3n) is 4.40. The van der Waals surface area contributed by atoms with Gasteiger partial charge < -0.3 is 18.6 Å². The second-order valence-corrected chi connectivity index (χ2v) is 9.05. The van der Waals surface area contributed by atoms with Gasteiger partial charge in [0.1, 0.15) is 10.5 Å². The van der Waals surface area contributed by atoms with Crippen LogP contribution in [-0.2, 0) is 30.8 Å². The lowest BCUT2D eigenvalue weighted by atomic mass is 10.2. The van der Waals surface area contributed by atoms with E-state index in [1.165, 1.54) is 22.7 Å². The number of hydrogen-bond acceptors (Lipinski definition) is 8. The standard InChI is InChI=1S/C19H19Cl2NO8S/c1-2-28-18(23)12-3-6-29-16(12)11-30-19(24)13-9-17(15(21)10-14(13)20)31(25,26)22-4-7-27-8-5-22/h3,6,9-10H,2,4-5,7-8,11H2,1H3. The Morgan fingerprint density at radius 1 is 1.06 bits per heavy atom. The minimum Gasteiger partial charge on any atom is -0.465 e. The van der Waals surface area contributed by atoms with Gasteiger partial charge in [0.05, 0.1) is 41.7 Å². The molecule has 1 fully saturated rings. The third-order valence-corrected chi connectivity index (χ3v) is 7.08. The highest BCUT2D eigenvalue weighted by atomic mass is 35.5. The molecule has 0 amide bonds. The topological polar surface area (TPSA) is 112 Å². The number of ether oxygens (including phenoxy) is 3. The first-order valence-electron chi connectivity index (χ1n) is 9.23. The molecule has 0 atom stereocenters. The second kappa shape index (κ2) is 10.0. The molecule has 0 radical (unpaired) electrons. The largest absolute Gasteiger partial charge is 0.465 e. The molecule has 1 aliphatic heterocycles. The first-order chi connectivity index (χ1) is 14.8. The Morgan fingerprint density at radius 2 is 1.74 bits per heavy atom. The van der Waals surface area contributed by atoms with Crippen molar-refractivity contribution in [3.8, 4) is 0 Å². The fourth-order valence-corrected chi connectivity index (χ4v) is 5.09. The van der Waals surface area contributed by atoms with Crippen molar-refractivity contribution in [1.29, 1.82) is 0 Å². The van der Waals surface area contributed by atoms with Crippen molar-refractivity contribution >= 4 is 45.2 Å². The molecule has 0 saturated carbocycles. The summed E-state index contributed by atoms with van der Waals surface area (Å²) in [5.74, 6) is -1.45. The molecule has 31 heavy (non-hydrogen) atoms. The predicted octanol–water partition coefficient (Wildman–Crippen LogP) is 3.14. The van der Waals surface area contributed by atoms with Gasteiger partial charge >= 0.3 is 11.9 Å². The first kappa shape index (κ1) is 23.6. The van der Waals surface area contributed by atoms with Crippen molar-refractivity contribution < 1.29 is 36.6 Å². The minimum absolute atomic E-state index is 0.0815. The van der Waals surface area contributed by atoms with E-state index in [0.717, 1.165) is 6.07 Å². The molecule has 1 aliphatic rings. The van der Waals surface area contributed by atoms with Crippen molar-refractivity contribution in [2.75, 3.05) is 32.9 Å². The Hall–Kier alpha value is -2.11. The summed E-state index contributed by atoms with van der Waals surface area (Å²) >= 11 is 12.2. The Morgan fingerprint density at radius 3 is 2.42 bits per heavy atom. The molecule has 3 rings (SSSR count). The summed E-state index contributed by atoms with van der Waals surface area (Å²) in [7, 11) is -3.97. The summed E-state index contributed by atoms with van der Waals surface area (Å²) in [4.78, 5) is 24.2. The van der Waals surface area contributed by atoms with Crippen LogP contribution in [0.3, 0.4) is 0 Å². The SMILES string of the molecule is CCOC(=O)c1ccoc1COC(=O)c1cc(S(=O)(=O)N2CCOCC2)c(Cl)cc1Cl. The van der Waals surface area contributed by atoms with E-state index in [0.29, 0.717) is 0 Å². The van der Waals surface area contributed by atoms with Gasteiger partial charge in [-0.1, -0.05) is 23.2 Å². The Bertz CT molecular complexity index is 1080. The number of halogens is 2. The Labute approximate surface area is 188 Å². The summed E-state index contributed by atoms with van der Waals surface area (Å²) in [5.41, 5.74) is -0.0745. The summed E-state index contributed by atoms with van der Waals surface area (Å²) < 4.78 is 47.5. The molecule has 1 saturated heterocycles. The van der Waals surface area contributed by atoms with Gasteiger partial charge in [-0.15, -0.1) is 0 Å². The summed E-state index contributed by atoms with van der Waals surface area (Å²) in [6, 6.07) is 3.64. The van der Waals surface area contributed by atoms with E-state index in [-0.39, 0.29) is 71.3 Å². The van der Waals surface area contributed by atoms with Crippen LogP contribution in [-0.4, -0.2) is 57.6 Å². The summed E-state index contributed by atoms with van der Waals surface area (Å²) in [6.07, 6.45) is 1.26. The van der Waals surface area contributed by atoms with Crippen molar-refractivity contribution in [1.82, 2.24) is 4.31 Å². The predicted molar refractivity (Wildman–Crippen MR) is 110 cm³/mol. The van der Waals surface area contributed by atoms with Crippen molar-refractivity contribution in [3.63, 3.8) is 0 Å². The molecule has 0 bridgehead atoms. The van der Waals surface area contributed by atoms with Crippen LogP contribution < -0.4 is 0 Å². The van der Waals surface area contributed by atoms with Gasteiger partial charge in [0.2, 0.25) is 10.0 Å². The van der Waals surface area contributed by atoms with Gasteiger partial charge in [-0.3, -0.25) is 0 Å². The lowest BCUT2D eigenvalue weighted by molar-refractivity contribution is 0.0422. The van der Waals surface area contributed by atoms with Crippen molar-refractivity contribution in [2.45, 2.75) is 18.4 Å². The van der Waals surface area contributed by atoms with E-state index in [9.17, 15) is 18.0 Å². The maximum atomic E-state index is 12.9. The molecule has 0 aliphatic carbocycles. The monoisotopic (exact) mass is 491 g/mol. The average Bonchev–Trinajstić information content (AvgIpc) is 3.21. The summed E-state index contributed by atoms with van der Waals surface area (Å²) in [6.45, 7) is 2.28. The first-order valence-corrected chi connectivity index (χ1v) is 11.4. The number of furan rings is 1. The highest BCUT2D eigenvalue weighted by molar-refractivity contribution is 7.89. The van der Waals surface area contributed by atoms with Crippen molar-refractivity contribution in [2.24, 2.45) is 0 Å². The zero-order chi connectivity index (χ0) is 22.6. The molecule has 1 aromatic heterocycles. The zero-order valence-electron chi connectivity index (χ0n) is 16.4. The third kappa shape index (κ3) is 5.21. The van der Waals surface area contributed by atoms with Crippen molar-refractivity contribution in [3.05, 3.63) is 51.4 Å². The Kier molecular flexibility index (Phi) is 7.60. The quantitative estimate of drug-likeness (QED) is 0.542. The normalized spacial score (nSPS) is 14.9. The van der Waals surface area contributed by atoms with E-state index < -0.39 is 22.0 Å². The smallest absolute Gasteiger partial charge is 0.341 e. The number of morpholine rings is 1. The number of carbonyl (C=O) groups is 2. The highest BCUT2D eigenvalue weighted by Crippen LogP contribution is 2.31. The number of sulfonamides is 1. The van der Waals surface area contributed by atoms with Crippen LogP contribution in [0, 0.1) is 0 Å². The number of hydrogen-bond donors (Lipinski definition) is 0. The molecule has 9 nitrogen and oxygen atoms in total. The van der Waals surface area contributed by atoms with Gasteiger partial charge in [0, 0.05) is 13.1 Å². The van der Waals surface area contributed by atoms with E-state index in [2.05, 4.69) is 0 Å². The van der Waals surface area contributed by atoms with Gasteiger partial charge in [0.25, 0.3) is 0 Å². The Balaban J connectivity index is 1.82. The second-order valence-electron chi connectivity index (χ2n) is 6.33. The molecule has 1 aromatic carbocycles. The van der Waals surface area contributed by atoms with Gasteiger partial charge in [-0.25, -0.2) is 18.0 Å². The molecule has 0 N–H and O–H groups in total. The molecule has 168 valence electrons. The molecule has 0 spiro atoms. The lowest BCUT2D eigenvalue weighted by Gasteiger charge is -2.26. The van der Waals surface area contributed by atoms with E-state index in [4.69, 9.17) is 41.8 Å². The number of carbonyl (C=O) groups excluding carboxylic acids is 2. The molecule has 2 heterocycles. The van der Waals surface area contributed by atoms with E-state index in [1.54, 1.807) is 6.92 Å². The highest BCUT2D eigenvalue weighted by Gasteiger charge is 2.30. The average molecular weight is 492 g/mol. The maximum Gasteiger partial charge on any atom is 0.341 e. The summed E-state index contributed by atoms with van der Waals surface area (Å²) in [5, 5.41) is -0.204. The van der Waals surface area contributed by atoms with Gasteiger partial charge in [-0.05, 0) is 25.1 Å². The fourth-order valence-electron chi connectivity index (χ4n) is 2.86. The molecular weight excluding hydrogens is 473 g/mol. The van der Waals surface area contributed by atoms with Crippen LogP contribution in [0.25, 0.3) is 0 Å². The molecule has 2 aromatic rings. The molecule has 0 unspecified atom stereocenters. The maximum absolute atomic E-state index is 12.9. The van der Waals surface area contributed by atoms with Crippen LogP contribution in [0.1, 0.15) is 33.4 Å². The number of benzene rings is 1. The van der Waals surface area contributed by atoms with Gasteiger partial charge in [-0.2, -0.15) is 4.31 Å². The fraction of sp³-hybridized carbons (Fsp3) is 0.368. The van der Waals surface area contributed by atoms with Crippen LogP contribution >= 0.6 is 23.2 Å². The van der Waals surface area contributed by atoms with E-state index >= 15 is 0 Å². The minimum atomic E-state index is -3.97. The van der Waals surface area contributed by atoms with Crippen LogP contribution in [0.4, 0.5) is 0 Å². The zero-order valence-corrected chi connectivity index (χ0v) is 18.8. The van der Waals surface area contributed by atoms with Gasteiger partial charge in [0.15, 0.2) is 12.4 Å². The molecule has 12 heteroatoms.